The van der Waals surface area contributed by atoms with Gasteiger partial charge in [0.15, 0.2) is 0 Å². The Morgan fingerprint density at radius 1 is 0.708 bits per heavy atom. The quantitative estimate of drug-likeness (QED) is 0.461. The first-order chi connectivity index (χ1) is 11.2. The van der Waals surface area contributed by atoms with Gasteiger partial charge in [-0.3, -0.25) is 4.90 Å². The molecular weight excluding hydrogens is 294 g/mol. The second-order valence-corrected chi connectivity index (χ2v) is 8.83. The van der Waals surface area contributed by atoms with Gasteiger partial charge in [-0.2, -0.15) is 0 Å². The Kier molecular flexibility index (Phi) is 13.1. The smallest absolute Gasteiger partial charge is 0.0141 e. The van der Waals surface area contributed by atoms with Crippen LogP contribution in [-0.2, 0) is 0 Å². The van der Waals surface area contributed by atoms with E-state index in [-0.39, 0.29) is 0 Å². The van der Waals surface area contributed by atoms with Crippen LogP contribution in [0.15, 0.2) is 0 Å². The molecule has 3 N–H and O–H groups in total. The minimum Gasteiger partial charge on any atom is -0.330 e. The van der Waals surface area contributed by atoms with Crippen molar-refractivity contribution in [1.82, 2.24) is 10.2 Å². The van der Waals surface area contributed by atoms with E-state index in [4.69, 9.17) is 5.73 Å². The van der Waals surface area contributed by atoms with Crippen molar-refractivity contribution in [1.29, 1.82) is 0 Å². The molecule has 0 rings (SSSR count). The summed E-state index contributed by atoms with van der Waals surface area (Å²) in [5, 5.41) is 3.79. The summed E-state index contributed by atoms with van der Waals surface area (Å²) >= 11 is 0. The SMILES string of the molecule is CC(C)C(NCCCN(CCCCN)C(C(C)C)C(C)C)C(C)C. The van der Waals surface area contributed by atoms with Crippen molar-refractivity contribution in [2.45, 2.75) is 86.7 Å². The molecule has 0 spiro atoms. The highest BCUT2D eigenvalue weighted by Gasteiger charge is 2.24. The lowest BCUT2D eigenvalue weighted by molar-refractivity contribution is 0.110. The predicted octanol–water partition coefficient (Wildman–Crippen LogP) is 4.37. The zero-order valence-corrected chi connectivity index (χ0v) is 17.9. The molecule has 0 saturated carbocycles. The van der Waals surface area contributed by atoms with E-state index < -0.39 is 0 Å². The van der Waals surface area contributed by atoms with Gasteiger partial charge in [-0.05, 0) is 69.1 Å². The molecule has 24 heavy (non-hydrogen) atoms. The van der Waals surface area contributed by atoms with E-state index in [0.29, 0.717) is 35.8 Å². The molecule has 3 nitrogen and oxygen atoms in total. The van der Waals surface area contributed by atoms with Crippen molar-refractivity contribution in [2.75, 3.05) is 26.2 Å². The molecule has 0 aromatic heterocycles. The monoisotopic (exact) mass is 341 g/mol. The number of hydrogen-bond acceptors (Lipinski definition) is 3. The lowest BCUT2D eigenvalue weighted by Crippen LogP contribution is -2.45. The standard InChI is InChI=1S/C21H47N3/c1-16(2)20(17(3)4)23-13-11-15-24(14-10-9-12-22)21(18(5)6)19(7)8/h16-21,23H,9-15,22H2,1-8H3. The first kappa shape index (κ1) is 23.9. The Bertz CT molecular complexity index is 271. The van der Waals surface area contributed by atoms with E-state index in [1.807, 2.05) is 0 Å². The van der Waals surface area contributed by atoms with Crippen molar-refractivity contribution in [2.24, 2.45) is 29.4 Å². The van der Waals surface area contributed by atoms with E-state index in [9.17, 15) is 0 Å². The molecule has 0 radical (unpaired) electrons. The molecular formula is C21H47N3. The first-order valence-corrected chi connectivity index (χ1v) is 10.4. The average Bonchev–Trinajstić information content (AvgIpc) is 2.45. The summed E-state index contributed by atoms with van der Waals surface area (Å²) in [7, 11) is 0. The highest BCUT2D eigenvalue weighted by Crippen LogP contribution is 2.20. The molecule has 0 heterocycles. The normalized spacial score (nSPS) is 13.0. The Morgan fingerprint density at radius 3 is 1.62 bits per heavy atom. The molecule has 0 aliphatic heterocycles. The third kappa shape index (κ3) is 9.39. The summed E-state index contributed by atoms with van der Waals surface area (Å²) in [6, 6.07) is 1.30. The van der Waals surface area contributed by atoms with Crippen molar-refractivity contribution in [3.05, 3.63) is 0 Å². The van der Waals surface area contributed by atoms with Crippen LogP contribution in [-0.4, -0.2) is 43.2 Å². The highest BCUT2D eigenvalue weighted by atomic mass is 15.2. The van der Waals surface area contributed by atoms with Gasteiger partial charge in [-0.1, -0.05) is 55.4 Å². The Labute approximate surface area is 153 Å². The fraction of sp³-hybridized carbons (Fsp3) is 1.00. The van der Waals surface area contributed by atoms with Crippen molar-refractivity contribution < 1.29 is 0 Å². The van der Waals surface area contributed by atoms with Gasteiger partial charge in [0, 0.05) is 12.1 Å². The summed E-state index contributed by atoms with van der Waals surface area (Å²) in [5.41, 5.74) is 5.69. The van der Waals surface area contributed by atoms with Crippen LogP contribution in [0.2, 0.25) is 0 Å². The summed E-state index contributed by atoms with van der Waals surface area (Å²) < 4.78 is 0. The van der Waals surface area contributed by atoms with E-state index in [2.05, 4.69) is 65.6 Å². The molecule has 0 unspecified atom stereocenters. The molecule has 0 fully saturated rings. The average molecular weight is 342 g/mol. The van der Waals surface area contributed by atoms with Crippen molar-refractivity contribution in [3.63, 3.8) is 0 Å². The minimum absolute atomic E-state index is 0.627. The number of rotatable bonds is 14. The van der Waals surface area contributed by atoms with Crippen LogP contribution in [0.25, 0.3) is 0 Å². The Hall–Kier alpha value is -0.120. The maximum absolute atomic E-state index is 5.69. The molecule has 0 bridgehead atoms. The largest absolute Gasteiger partial charge is 0.330 e. The molecule has 0 amide bonds. The highest BCUT2D eigenvalue weighted by molar-refractivity contribution is 4.79. The lowest BCUT2D eigenvalue weighted by atomic mass is 9.91. The fourth-order valence-electron chi connectivity index (χ4n) is 4.27. The van der Waals surface area contributed by atoms with Gasteiger partial charge >= 0.3 is 0 Å². The number of nitrogens with zero attached hydrogens (tertiary/aromatic N) is 1. The lowest BCUT2D eigenvalue weighted by Gasteiger charge is -2.37. The second kappa shape index (κ2) is 13.1. The maximum Gasteiger partial charge on any atom is 0.0141 e. The van der Waals surface area contributed by atoms with Crippen LogP contribution in [0, 0.1) is 23.7 Å². The third-order valence-electron chi connectivity index (χ3n) is 5.13. The molecule has 0 aromatic carbocycles. The van der Waals surface area contributed by atoms with E-state index in [1.165, 1.54) is 25.9 Å². The molecule has 0 atom stereocenters. The Balaban J connectivity index is 4.54. The number of nitrogens with one attached hydrogen (secondary N) is 1. The summed E-state index contributed by atoms with van der Waals surface area (Å²) in [6.45, 7) is 23.1. The molecule has 0 aliphatic carbocycles. The van der Waals surface area contributed by atoms with Gasteiger partial charge in [-0.25, -0.2) is 0 Å². The van der Waals surface area contributed by atoms with Gasteiger partial charge < -0.3 is 11.1 Å². The maximum atomic E-state index is 5.69. The number of hydrogen-bond donors (Lipinski definition) is 2. The van der Waals surface area contributed by atoms with E-state index >= 15 is 0 Å². The third-order valence-corrected chi connectivity index (χ3v) is 5.13. The molecule has 0 saturated heterocycles. The van der Waals surface area contributed by atoms with E-state index in [1.54, 1.807) is 0 Å². The van der Waals surface area contributed by atoms with E-state index in [0.717, 1.165) is 19.5 Å². The summed E-state index contributed by atoms with van der Waals surface area (Å²) in [4.78, 5) is 2.73. The second-order valence-electron chi connectivity index (χ2n) is 8.83. The van der Waals surface area contributed by atoms with Crippen LogP contribution in [0.1, 0.15) is 74.7 Å². The van der Waals surface area contributed by atoms with Gasteiger partial charge in [0.05, 0.1) is 0 Å². The molecule has 0 aliphatic rings. The van der Waals surface area contributed by atoms with Gasteiger partial charge in [-0.15, -0.1) is 0 Å². The van der Waals surface area contributed by atoms with Gasteiger partial charge in [0.1, 0.15) is 0 Å². The first-order valence-electron chi connectivity index (χ1n) is 10.4. The topological polar surface area (TPSA) is 41.3 Å². The number of nitrogens with two attached hydrogens (primary N) is 1. The molecule has 146 valence electrons. The van der Waals surface area contributed by atoms with Crippen LogP contribution < -0.4 is 11.1 Å². The minimum atomic E-state index is 0.627. The van der Waals surface area contributed by atoms with Crippen LogP contribution in [0.3, 0.4) is 0 Å². The Morgan fingerprint density at radius 2 is 1.21 bits per heavy atom. The van der Waals surface area contributed by atoms with Crippen LogP contribution in [0.4, 0.5) is 0 Å². The summed E-state index contributed by atoms with van der Waals surface area (Å²) in [6.07, 6.45) is 3.59. The summed E-state index contributed by atoms with van der Waals surface area (Å²) in [5.74, 6) is 2.80. The fourth-order valence-corrected chi connectivity index (χ4v) is 4.27. The zero-order valence-electron chi connectivity index (χ0n) is 17.9. The molecule has 3 heteroatoms. The van der Waals surface area contributed by atoms with Gasteiger partial charge in [0.2, 0.25) is 0 Å². The van der Waals surface area contributed by atoms with Crippen molar-refractivity contribution >= 4 is 0 Å². The zero-order chi connectivity index (χ0) is 18.7. The van der Waals surface area contributed by atoms with Crippen LogP contribution >= 0.6 is 0 Å². The van der Waals surface area contributed by atoms with Gasteiger partial charge in [0.25, 0.3) is 0 Å². The number of unbranched alkanes of at least 4 members (excludes halogenated alkanes) is 1. The van der Waals surface area contributed by atoms with Crippen LogP contribution in [0.5, 0.6) is 0 Å². The molecule has 0 aromatic rings. The predicted molar refractivity (Wildman–Crippen MR) is 109 cm³/mol. The van der Waals surface area contributed by atoms with Crippen molar-refractivity contribution in [3.8, 4) is 0 Å².